The van der Waals surface area contributed by atoms with Gasteiger partial charge in [0.25, 0.3) is 0 Å². The van der Waals surface area contributed by atoms with Crippen LogP contribution in [0.25, 0.3) is 0 Å². The highest BCUT2D eigenvalue weighted by Gasteiger charge is 2.53. The first kappa shape index (κ1) is 9.71. The average molecular weight is 194 g/mol. The number of hydrogen-bond acceptors (Lipinski definition) is 3. The summed E-state index contributed by atoms with van der Waals surface area (Å²) in [5, 5.41) is 3.11. The van der Waals surface area contributed by atoms with Crippen LogP contribution in [0.4, 0.5) is 0 Å². The molecule has 1 N–H and O–H groups in total. The number of rotatable bonds is 3. The van der Waals surface area contributed by atoms with Gasteiger partial charge in [-0.25, -0.2) is 0 Å². The monoisotopic (exact) mass is 194 g/mol. The van der Waals surface area contributed by atoms with Gasteiger partial charge in [-0.05, 0) is 18.9 Å². The van der Waals surface area contributed by atoms with Crippen molar-refractivity contribution in [2.24, 2.45) is 16.8 Å². The van der Waals surface area contributed by atoms with Crippen molar-refractivity contribution in [3.8, 4) is 0 Å². The van der Waals surface area contributed by atoms with Crippen LogP contribution in [0.1, 0.15) is 20.3 Å². The summed E-state index contributed by atoms with van der Waals surface area (Å²) in [5.74, 6) is 1.12. The molecule has 2 bridgehead atoms. The van der Waals surface area contributed by atoms with E-state index in [-0.39, 0.29) is 5.54 Å². The number of hydrogen-bond donors (Lipinski definition) is 1. The fraction of sp³-hybridized carbons (Fsp3) is 0.727. The Hall–Kier alpha value is -0.830. The summed E-state index contributed by atoms with van der Waals surface area (Å²) >= 11 is 0. The van der Waals surface area contributed by atoms with Gasteiger partial charge in [-0.3, -0.25) is 4.99 Å². The van der Waals surface area contributed by atoms with Crippen LogP contribution in [0.3, 0.4) is 0 Å². The van der Waals surface area contributed by atoms with Crippen LogP contribution >= 0.6 is 0 Å². The lowest BCUT2D eigenvalue weighted by molar-refractivity contribution is 0.105. The van der Waals surface area contributed by atoms with Gasteiger partial charge in [-0.15, -0.1) is 0 Å². The second-order valence-electron chi connectivity index (χ2n) is 4.35. The van der Waals surface area contributed by atoms with Gasteiger partial charge in [0.2, 0.25) is 0 Å². The van der Waals surface area contributed by atoms with E-state index in [9.17, 15) is 0 Å². The van der Waals surface area contributed by atoms with E-state index >= 15 is 0 Å². The minimum Gasteiger partial charge on any atom is -0.385 e. The Morgan fingerprint density at radius 1 is 1.64 bits per heavy atom. The van der Waals surface area contributed by atoms with Gasteiger partial charge in [0.15, 0.2) is 0 Å². The quantitative estimate of drug-likeness (QED) is 0.739. The van der Waals surface area contributed by atoms with Crippen molar-refractivity contribution < 1.29 is 4.74 Å². The maximum Gasteiger partial charge on any atom is 0.0870 e. The Morgan fingerprint density at radius 2 is 2.43 bits per heavy atom. The lowest BCUT2D eigenvalue weighted by Gasteiger charge is -2.51. The first-order valence-corrected chi connectivity index (χ1v) is 5.19. The Balaban J connectivity index is 2.15. The summed E-state index contributed by atoms with van der Waals surface area (Å²) in [4.78, 5) is 4.59. The molecular weight excluding hydrogens is 176 g/mol. The predicted molar refractivity (Wildman–Crippen MR) is 57.3 cm³/mol. The van der Waals surface area contributed by atoms with Crippen LogP contribution in [0.2, 0.25) is 0 Å². The Bertz CT molecular complexity index is 285. The molecule has 1 unspecified atom stereocenters. The van der Waals surface area contributed by atoms with Gasteiger partial charge in [0, 0.05) is 31.8 Å². The van der Waals surface area contributed by atoms with Crippen LogP contribution in [-0.2, 0) is 4.74 Å². The molecule has 1 saturated carbocycles. The molecule has 3 nitrogen and oxygen atoms in total. The first-order chi connectivity index (χ1) is 6.70. The molecule has 0 saturated heterocycles. The molecule has 0 amide bonds. The number of fused-ring (bicyclic) bond motifs is 2. The van der Waals surface area contributed by atoms with E-state index in [0.29, 0.717) is 11.8 Å². The molecule has 0 aromatic rings. The number of nitrogens with one attached hydrogen (secondary N) is 1. The molecule has 0 aromatic carbocycles. The van der Waals surface area contributed by atoms with Crippen molar-refractivity contribution in [2.75, 3.05) is 13.7 Å². The molecule has 0 radical (unpaired) electrons. The molecule has 3 aliphatic rings. The zero-order chi connectivity index (χ0) is 10.2. The summed E-state index contributed by atoms with van der Waals surface area (Å²) in [7, 11) is 1.75. The summed E-state index contributed by atoms with van der Waals surface area (Å²) < 4.78 is 5.14. The first-order valence-electron chi connectivity index (χ1n) is 5.19. The number of nitrogens with zero attached hydrogens (tertiary/aromatic N) is 1. The maximum atomic E-state index is 5.14. The topological polar surface area (TPSA) is 33.6 Å². The molecule has 2 heterocycles. The van der Waals surface area contributed by atoms with E-state index in [4.69, 9.17) is 4.74 Å². The zero-order valence-corrected chi connectivity index (χ0v) is 9.08. The molecule has 2 aliphatic heterocycles. The molecule has 14 heavy (non-hydrogen) atoms. The zero-order valence-electron chi connectivity index (χ0n) is 9.08. The van der Waals surface area contributed by atoms with Crippen molar-refractivity contribution in [1.82, 2.24) is 5.32 Å². The minimum atomic E-state index is 0.0911. The van der Waals surface area contributed by atoms with Gasteiger partial charge in [0.05, 0.1) is 11.9 Å². The number of aliphatic imine (C=N–C) groups is 1. The maximum absolute atomic E-state index is 5.14. The normalized spacial score (nSPS) is 39.5. The van der Waals surface area contributed by atoms with Crippen molar-refractivity contribution in [3.63, 3.8) is 0 Å². The summed E-state index contributed by atoms with van der Waals surface area (Å²) in [6.07, 6.45) is 4.99. The molecule has 1 fully saturated rings. The van der Waals surface area contributed by atoms with E-state index in [1.165, 1.54) is 5.57 Å². The standard InChI is InChI=1S/C11H18N2O/c1-8-9-6-12-7-13-11(8,2)10(9)4-5-14-3/h6-8,10H,4-5H2,1-3H3,(H,12,13)/t8?,10-,11+/m0/s1. The molecule has 3 rings (SSSR count). The largest absolute Gasteiger partial charge is 0.385 e. The Morgan fingerprint density at radius 3 is 3.14 bits per heavy atom. The molecular formula is C11H18N2O. The lowest BCUT2D eigenvalue weighted by Crippen LogP contribution is -2.52. The predicted octanol–water partition coefficient (Wildman–Crippen LogP) is 1.56. The van der Waals surface area contributed by atoms with E-state index < -0.39 is 0 Å². The SMILES string of the molecule is COCC[C@H]1C2=CNC=N[C@]1(C)C2C. The van der Waals surface area contributed by atoms with Crippen molar-refractivity contribution in [1.29, 1.82) is 0 Å². The third kappa shape index (κ3) is 1.19. The van der Waals surface area contributed by atoms with Gasteiger partial charge in [-0.2, -0.15) is 0 Å². The smallest absolute Gasteiger partial charge is 0.0870 e. The van der Waals surface area contributed by atoms with Crippen LogP contribution < -0.4 is 5.32 Å². The van der Waals surface area contributed by atoms with Gasteiger partial charge in [0.1, 0.15) is 0 Å². The third-order valence-electron chi connectivity index (χ3n) is 3.76. The molecule has 0 aromatic heterocycles. The molecule has 3 heteroatoms. The number of methoxy groups -OCH3 is 1. The summed E-state index contributed by atoms with van der Waals surface area (Å²) in [6, 6.07) is 0. The second-order valence-corrected chi connectivity index (χ2v) is 4.35. The second kappa shape index (κ2) is 3.39. The molecule has 3 atom stereocenters. The fourth-order valence-electron chi connectivity index (χ4n) is 2.61. The highest BCUT2D eigenvalue weighted by Crippen LogP contribution is 2.53. The Kier molecular flexibility index (Phi) is 2.35. The van der Waals surface area contributed by atoms with Crippen molar-refractivity contribution >= 4 is 6.34 Å². The summed E-state index contributed by atoms with van der Waals surface area (Å²) in [6.45, 7) is 5.30. The van der Waals surface area contributed by atoms with E-state index in [2.05, 4.69) is 30.4 Å². The Labute approximate surface area is 85.2 Å². The van der Waals surface area contributed by atoms with Crippen LogP contribution in [0.15, 0.2) is 16.8 Å². The van der Waals surface area contributed by atoms with Crippen LogP contribution in [-0.4, -0.2) is 25.6 Å². The van der Waals surface area contributed by atoms with Crippen molar-refractivity contribution in [3.05, 3.63) is 11.8 Å². The van der Waals surface area contributed by atoms with Crippen LogP contribution in [0.5, 0.6) is 0 Å². The van der Waals surface area contributed by atoms with E-state index in [1.807, 2.05) is 6.34 Å². The van der Waals surface area contributed by atoms with E-state index in [1.54, 1.807) is 7.11 Å². The minimum absolute atomic E-state index is 0.0911. The highest BCUT2D eigenvalue weighted by molar-refractivity contribution is 5.60. The van der Waals surface area contributed by atoms with E-state index in [0.717, 1.165) is 13.0 Å². The molecule has 78 valence electrons. The molecule has 0 spiro atoms. The van der Waals surface area contributed by atoms with Crippen LogP contribution in [0, 0.1) is 11.8 Å². The lowest BCUT2D eigenvalue weighted by atomic mass is 9.56. The molecule has 1 aliphatic carbocycles. The highest BCUT2D eigenvalue weighted by atomic mass is 16.5. The van der Waals surface area contributed by atoms with Gasteiger partial charge >= 0.3 is 0 Å². The van der Waals surface area contributed by atoms with Gasteiger partial charge < -0.3 is 10.1 Å². The summed E-state index contributed by atoms with van der Waals surface area (Å²) in [5.41, 5.74) is 1.58. The van der Waals surface area contributed by atoms with Crippen molar-refractivity contribution in [2.45, 2.75) is 25.8 Å². The van der Waals surface area contributed by atoms with Gasteiger partial charge in [-0.1, -0.05) is 6.92 Å². The third-order valence-corrected chi connectivity index (χ3v) is 3.76. The average Bonchev–Trinajstić information content (AvgIpc) is 2.44. The number of ether oxygens (including phenoxy) is 1. The fourth-order valence-corrected chi connectivity index (χ4v) is 2.61.